The summed E-state index contributed by atoms with van der Waals surface area (Å²) in [7, 11) is 3.59. The number of aromatic nitrogens is 5. The van der Waals surface area contributed by atoms with Gasteiger partial charge in [0, 0.05) is 25.0 Å². The third-order valence-corrected chi connectivity index (χ3v) is 4.20. The van der Waals surface area contributed by atoms with Gasteiger partial charge < -0.3 is 14.2 Å². The van der Waals surface area contributed by atoms with Gasteiger partial charge in [-0.3, -0.25) is 0 Å². The molecule has 8 heteroatoms. The molecule has 0 atom stereocenters. The van der Waals surface area contributed by atoms with Crippen LogP contribution in [-0.2, 0) is 6.54 Å². The molecule has 0 aliphatic rings. The normalized spacial score (nSPS) is 10.6. The second-order valence-electron chi connectivity index (χ2n) is 6.11. The molecule has 3 heterocycles. The average Bonchev–Trinajstić information content (AvgIpc) is 3.25. The lowest BCUT2D eigenvalue weighted by atomic mass is 10.2. The van der Waals surface area contributed by atoms with Crippen LogP contribution in [0.3, 0.4) is 0 Å². The van der Waals surface area contributed by atoms with Gasteiger partial charge >= 0.3 is 0 Å². The summed E-state index contributed by atoms with van der Waals surface area (Å²) >= 11 is 0. The summed E-state index contributed by atoms with van der Waals surface area (Å²) < 4.78 is 10.6. The van der Waals surface area contributed by atoms with Gasteiger partial charge in [-0.1, -0.05) is 5.16 Å². The first-order valence-corrected chi connectivity index (χ1v) is 8.63. The van der Waals surface area contributed by atoms with Crippen LogP contribution in [0.2, 0.25) is 0 Å². The first-order chi connectivity index (χ1) is 13.7. The smallest absolute Gasteiger partial charge is 0.259 e. The Hall–Kier alpha value is -3.81. The average molecular weight is 374 g/mol. The van der Waals surface area contributed by atoms with Crippen LogP contribution in [0.1, 0.15) is 5.69 Å². The maximum absolute atomic E-state index is 5.39. The predicted octanol–water partition coefficient (Wildman–Crippen LogP) is 3.23. The largest absolute Gasteiger partial charge is 0.497 e. The Bertz CT molecular complexity index is 1030. The van der Waals surface area contributed by atoms with Crippen molar-refractivity contribution < 1.29 is 9.26 Å². The van der Waals surface area contributed by atoms with Gasteiger partial charge in [0.1, 0.15) is 17.9 Å². The van der Waals surface area contributed by atoms with Crippen LogP contribution in [0.4, 0.5) is 5.82 Å². The molecular formula is C20H18N6O2. The number of hydrogen-bond acceptors (Lipinski definition) is 8. The molecule has 3 aromatic heterocycles. The van der Waals surface area contributed by atoms with Gasteiger partial charge in [0.25, 0.3) is 5.89 Å². The minimum absolute atomic E-state index is 0.420. The minimum Gasteiger partial charge on any atom is -0.497 e. The molecule has 0 saturated carbocycles. The third-order valence-electron chi connectivity index (χ3n) is 4.20. The van der Waals surface area contributed by atoms with Gasteiger partial charge in [-0.25, -0.2) is 15.0 Å². The number of methoxy groups -OCH3 is 1. The molecule has 0 bridgehead atoms. The van der Waals surface area contributed by atoms with E-state index in [1.54, 1.807) is 19.5 Å². The van der Waals surface area contributed by atoms with Gasteiger partial charge in [-0.2, -0.15) is 4.98 Å². The molecule has 4 aromatic rings. The van der Waals surface area contributed by atoms with Crippen molar-refractivity contribution in [1.29, 1.82) is 0 Å². The molecule has 0 N–H and O–H groups in total. The van der Waals surface area contributed by atoms with E-state index in [1.165, 1.54) is 6.33 Å². The number of pyridine rings is 1. The van der Waals surface area contributed by atoms with Crippen molar-refractivity contribution in [3.63, 3.8) is 0 Å². The van der Waals surface area contributed by atoms with Crippen molar-refractivity contribution in [3.05, 3.63) is 66.9 Å². The van der Waals surface area contributed by atoms with Crippen molar-refractivity contribution in [2.75, 3.05) is 19.1 Å². The molecule has 0 fully saturated rings. The highest BCUT2D eigenvalue weighted by Crippen LogP contribution is 2.24. The Kier molecular flexibility index (Phi) is 4.92. The molecular weight excluding hydrogens is 356 g/mol. The molecule has 0 saturated heterocycles. The van der Waals surface area contributed by atoms with E-state index < -0.39 is 0 Å². The maximum Gasteiger partial charge on any atom is 0.259 e. The van der Waals surface area contributed by atoms with Gasteiger partial charge in [0.15, 0.2) is 0 Å². The predicted molar refractivity (Wildman–Crippen MR) is 104 cm³/mol. The topological polar surface area (TPSA) is 90.1 Å². The summed E-state index contributed by atoms with van der Waals surface area (Å²) in [6.07, 6.45) is 4.98. The van der Waals surface area contributed by atoms with Gasteiger partial charge in [-0.05, 0) is 42.5 Å². The molecule has 0 aliphatic carbocycles. The van der Waals surface area contributed by atoms with E-state index in [2.05, 4.69) is 25.1 Å². The van der Waals surface area contributed by atoms with Crippen LogP contribution < -0.4 is 9.64 Å². The zero-order chi connectivity index (χ0) is 19.3. The second kappa shape index (κ2) is 7.83. The van der Waals surface area contributed by atoms with E-state index in [-0.39, 0.29) is 0 Å². The fourth-order valence-electron chi connectivity index (χ4n) is 2.67. The molecule has 0 amide bonds. The number of anilines is 1. The van der Waals surface area contributed by atoms with Gasteiger partial charge in [-0.15, -0.1) is 0 Å². The summed E-state index contributed by atoms with van der Waals surface area (Å²) in [5, 5.41) is 4.05. The molecule has 28 heavy (non-hydrogen) atoms. The van der Waals surface area contributed by atoms with E-state index in [1.807, 2.05) is 54.4 Å². The molecule has 0 spiro atoms. The van der Waals surface area contributed by atoms with Crippen LogP contribution in [0.15, 0.2) is 65.7 Å². The number of rotatable bonds is 6. The summed E-state index contributed by atoms with van der Waals surface area (Å²) in [5.74, 6) is 2.53. The number of hydrogen-bond donors (Lipinski definition) is 0. The number of nitrogens with zero attached hydrogens (tertiary/aromatic N) is 6. The SMILES string of the molecule is COc1ccc(-c2noc(-c3ccc(N(C)Cc4ccncn4)nc3)n2)cc1. The summed E-state index contributed by atoms with van der Waals surface area (Å²) in [6.45, 7) is 0.636. The highest BCUT2D eigenvalue weighted by atomic mass is 16.5. The van der Waals surface area contributed by atoms with Crippen molar-refractivity contribution in [3.8, 4) is 28.6 Å². The standard InChI is InChI=1S/C20H18N6O2/c1-26(12-16-9-10-21-13-23-16)18-8-5-15(11-22-18)20-24-19(25-28-20)14-3-6-17(27-2)7-4-14/h3-11,13H,12H2,1-2H3. The highest BCUT2D eigenvalue weighted by molar-refractivity contribution is 5.60. The first-order valence-electron chi connectivity index (χ1n) is 8.63. The zero-order valence-corrected chi connectivity index (χ0v) is 15.5. The first kappa shape index (κ1) is 17.6. The fraction of sp³-hybridized carbons (Fsp3) is 0.150. The molecule has 0 radical (unpaired) electrons. The van der Waals surface area contributed by atoms with Crippen LogP contribution in [0, 0.1) is 0 Å². The number of benzene rings is 1. The minimum atomic E-state index is 0.420. The lowest BCUT2D eigenvalue weighted by Crippen LogP contribution is -2.18. The Morgan fingerprint density at radius 3 is 2.50 bits per heavy atom. The molecule has 0 unspecified atom stereocenters. The zero-order valence-electron chi connectivity index (χ0n) is 15.5. The van der Waals surface area contributed by atoms with E-state index in [4.69, 9.17) is 9.26 Å². The van der Waals surface area contributed by atoms with Crippen molar-refractivity contribution >= 4 is 5.82 Å². The van der Waals surface area contributed by atoms with E-state index in [9.17, 15) is 0 Å². The fourth-order valence-corrected chi connectivity index (χ4v) is 2.67. The second-order valence-corrected chi connectivity index (χ2v) is 6.11. The molecule has 0 aliphatic heterocycles. The highest BCUT2D eigenvalue weighted by Gasteiger charge is 2.12. The van der Waals surface area contributed by atoms with Crippen LogP contribution >= 0.6 is 0 Å². The summed E-state index contributed by atoms with van der Waals surface area (Å²) in [6, 6.07) is 13.2. The molecule has 140 valence electrons. The Morgan fingerprint density at radius 2 is 1.82 bits per heavy atom. The molecule has 1 aromatic carbocycles. The van der Waals surface area contributed by atoms with Crippen molar-refractivity contribution in [2.45, 2.75) is 6.54 Å². The summed E-state index contributed by atoms with van der Waals surface area (Å²) in [5.41, 5.74) is 2.53. The van der Waals surface area contributed by atoms with E-state index in [0.717, 1.165) is 28.4 Å². The Balaban J connectivity index is 1.48. The van der Waals surface area contributed by atoms with E-state index >= 15 is 0 Å². The monoisotopic (exact) mass is 374 g/mol. The van der Waals surface area contributed by atoms with Crippen molar-refractivity contribution in [1.82, 2.24) is 25.1 Å². The lowest BCUT2D eigenvalue weighted by Gasteiger charge is -2.17. The molecule has 4 rings (SSSR count). The van der Waals surface area contributed by atoms with Gasteiger partial charge in [0.05, 0.1) is 24.9 Å². The van der Waals surface area contributed by atoms with Crippen LogP contribution in [0.25, 0.3) is 22.8 Å². The number of ether oxygens (including phenoxy) is 1. The summed E-state index contributed by atoms with van der Waals surface area (Å²) in [4.78, 5) is 19.1. The van der Waals surface area contributed by atoms with Crippen molar-refractivity contribution in [2.24, 2.45) is 0 Å². The van der Waals surface area contributed by atoms with Gasteiger partial charge in [0.2, 0.25) is 5.82 Å². The van der Waals surface area contributed by atoms with Crippen LogP contribution in [-0.4, -0.2) is 39.3 Å². The lowest BCUT2D eigenvalue weighted by molar-refractivity contribution is 0.415. The Labute approximate surface area is 161 Å². The quantitative estimate of drug-likeness (QED) is 0.508. The van der Waals surface area contributed by atoms with E-state index in [0.29, 0.717) is 18.3 Å². The molecule has 8 nitrogen and oxygen atoms in total. The Morgan fingerprint density at radius 1 is 1.00 bits per heavy atom. The maximum atomic E-state index is 5.39. The van der Waals surface area contributed by atoms with Crippen LogP contribution in [0.5, 0.6) is 5.75 Å². The third kappa shape index (κ3) is 3.80.